The highest BCUT2D eigenvalue weighted by Crippen LogP contribution is 2.12. The van der Waals surface area contributed by atoms with Crippen molar-refractivity contribution in [2.24, 2.45) is 0 Å². The number of aromatic nitrogens is 2. The Balaban J connectivity index is 2.63. The van der Waals surface area contributed by atoms with Gasteiger partial charge in [0, 0.05) is 31.0 Å². The molecule has 0 aliphatic carbocycles. The topological polar surface area (TPSA) is 68.2 Å². The Kier molecular flexibility index (Phi) is 7.39. The molecule has 1 unspecified atom stereocenters. The molecule has 0 saturated carbocycles. The van der Waals surface area contributed by atoms with Crippen LogP contribution in [0.4, 0.5) is 0 Å². The molecule has 0 radical (unpaired) electrons. The molecule has 0 fully saturated rings. The lowest BCUT2D eigenvalue weighted by atomic mass is 10.2. The SMILES string of the molecule is CCCNCc1c(C)nn(CC(=O)NC(C)COC)c1C. The van der Waals surface area contributed by atoms with Crippen molar-refractivity contribution in [3.8, 4) is 0 Å². The summed E-state index contributed by atoms with van der Waals surface area (Å²) in [5, 5.41) is 10.7. The van der Waals surface area contributed by atoms with Crippen LogP contribution >= 0.6 is 0 Å². The van der Waals surface area contributed by atoms with Gasteiger partial charge in [-0.3, -0.25) is 9.48 Å². The van der Waals surface area contributed by atoms with Crippen LogP contribution in [-0.4, -0.2) is 42.0 Å². The van der Waals surface area contributed by atoms with Crippen LogP contribution in [-0.2, 0) is 22.6 Å². The summed E-state index contributed by atoms with van der Waals surface area (Å²) in [6.45, 7) is 10.6. The molecule has 1 aromatic rings. The monoisotopic (exact) mass is 296 g/mol. The van der Waals surface area contributed by atoms with Crippen molar-refractivity contribution in [2.75, 3.05) is 20.3 Å². The smallest absolute Gasteiger partial charge is 0.242 e. The van der Waals surface area contributed by atoms with Gasteiger partial charge in [-0.05, 0) is 33.7 Å². The molecule has 0 aliphatic heterocycles. The average Bonchev–Trinajstić information content (AvgIpc) is 2.66. The fourth-order valence-corrected chi connectivity index (χ4v) is 2.28. The summed E-state index contributed by atoms with van der Waals surface area (Å²) in [5.74, 6) is -0.0433. The minimum Gasteiger partial charge on any atom is -0.383 e. The number of nitrogens with one attached hydrogen (secondary N) is 2. The molecule has 0 aromatic carbocycles. The summed E-state index contributed by atoms with van der Waals surface area (Å²) in [6.07, 6.45) is 1.10. The molecule has 0 aliphatic rings. The van der Waals surface area contributed by atoms with Gasteiger partial charge in [0.05, 0.1) is 12.3 Å². The van der Waals surface area contributed by atoms with E-state index < -0.39 is 0 Å². The van der Waals surface area contributed by atoms with Crippen LogP contribution < -0.4 is 10.6 Å². The number of nitrogens with zero attached hydrogens (tertiary/aromatic N) is 2. The minimum atomic E-state index is -0.0433. The lowest BCUT2D eigenvalue weighted by Crippen LogP contribution is -2.38. The zero-order valence-electron chi connectivity index (χ0n) is 13.8. The van der Waals surface area contributed by atoms with Gasteiger partial charge in [-0.15, -0.1) is 0 Å². The number of aryl methyl sites for hydroxylation is 1. The molecule has 6 heteroatoms. The molecular weight excluding hydrogens is 268 g/mol. The first-order valence-corrected chi connectivity index (χ1v) is 7.51. The molecule has 0 bridgehead atoms. The Labute approximate surface area is 127 Å². The van der Waals surface area contributed by atoms with E-state index in [1.807, 2.05) is 20.8 Å². The maximum atomic E-state index is 12.0. The van der Waals surface area contributed by atoms with E-state index in [0.717, 1.165) is 30.9 Å². The third kappa shape index (κ3) is 5.47. The third-order valence-corrected chi connectivity index (χ3v) is 3.38. The molecule has 1 heterocycles. The molecule has 21 heavy (non-hydrogen) atoms. The second-order valence-electron chi connectivity index (χ2n) is 5.41. The van der Waals surface area contributed by atoms with E-state index in [-0.39, 0.29) is 18.5 Å². The van der Waals surface area contributed by atoms with E-state index in [1.54, 1.807) is 11.8 Å². The molecule has 1 aromatic heterocycles. The molecule has 1 atom stereocenters. The van der Waals surface area contributed by atoms with Gasteiger partial charge in [-0.25, -0.2) is 0 Å². The van der Waals surface area contributed by atoms with Gasteiger partial charge < -0.3 is 15.4 Å². The van der Waals surface area contributed by atoms with Crippen LogP contribution in [0.3, 0.4) is 0 Å². The van der Waals surface area contributed by atoms with E-state index in [2.05, 4.69) is 22.7 Å². The summed E-state index contributed by atoms with van der Waals surface area (Å²) in [4.78, 5) is 12.0. The van der Waals surface area contributed by atoms with Gasteiger partial charge in [-0.2, -0.15) is 5.10 Å². The van der Waals surface area contributed by atoms with Gasteiger partial charge >= 0.3 is 0 Å². The lowest BCUT2D eigenvalue weighted by Gasteiger charge is -2.13. The molecule has 120 valence electrons. The number of amides is 1. The number of carbonyl (C=O) groups is 1. The van der Waals surface area contributed by atoms with Gasteiger partial charge in [-0.1, -0.05) is 6.92 Å². The Bertz CT molecular complexity index is 457. The number of ether oxygens (including phenoxy) is 1. The van der Waals surface area contributed by atoms with E-state index >= 15 is 0 Å². The molecule has 1 amide bonds. The van der Waals surface area contributed by atoms with Crippen LogP contribution in [0.2, 0.25) is 0 Å². The first-order chi connectivity index (χ1) is 9.99. The zero-order chi connectivity index (χ0) is 15.8. The van der Waals surface area contributed by atoms with E-state index in [0.29, 0.717) is 6.61 Å². The number of hydrogen-bond donors (Lipinski definition) is 2. The fourth-order valence-electron chi connectivity index (χ4n) is 2.28. The maximum Gasteiger partial charge on any atom is 0.242 e. The summed E-state index contributed by atoms with van der Waals surface area (Å²) >= 11 is 0. The predicted octanol–water partition coefficient (Wildman–Crippen LogP) is 1.15. The summed E-state index contributed by atoms with van der Waals surface area (Å²) in [6, 6.07) is 0.00477. The first kappa shape index (κ1) is 17.7. The minimum absolute atomic E-state index is 0.00477. The summed E-state index contributed by atoms with van der Waals surface area (Å²) in [5.41, 5.74) is 3.21. The quantitative estimate of drug-likeness (QED) is 0.671. The predicted molar refractivity (Wildman–Crippen MR) is 83.2 cm³/mol. The van der Waals surface area contributed by atoms with Crippen LogP contribution in [0.5, 0.6) is 0 Å². The number of carbonyl (C=O) groups excluding carboxylic acids is 1. The largest absolute Gasteiger partial charge is 0.383 e. The van der Waals surface area contributed by atoms with Gasteiger partial charge in [0.15, 0.2) is 0 Å². The third-order valence-electron chi connectivity index (χ3n) is 3.38. The fraction of sp³-hybridized carbons (Fsp3) is 0.733. The molecular formula is C15H28N4O2. The second kappa shape index (κ2) is 8.79. The van der Waals surface area contributed by atoms with Crippen molar-refractivity contribution in [3.63, 3.8) is 0 Å². The lowest BCUT2D eigenvalue weighted by molar-refractivity contribution is -0.122. The van der Waals surface area contributed by atoms with Gasteiger partial charge in [0.2, 0.25) is 5.91 Å². The van der Waals surface area contributed by atoms with Crippen molar-refractivity contribution in [1.82, 2.24) is 20.4 Å². The van der Waals surface area contributed by atoms with Crippen LogP contribution in [0.25, 0.3) is 0 Å². The zero-order valence-corrected chi connectivity index (χ0v) is 13.8. The molecule has 2 N–H and O–H groups in total. The highest BCUT2D eigenvalue weighted by Gasteiger charge is 2.14. The van der Waals surface area contributed by atoms with Crippen molar-refractivity contribution < 1.29 is 9.53 Å². The van der Waals surface area contributed by atoms with E-state index in [4.69, 9.17) is 4.74 Å². The average molecular weight is 296 g/mol. The van der Waals surface area contributed by atoms with E-state index in [1.165, 1.54) is 5.56 Å². The van der Waals surface area contributed by atoms with Crippen LogP contribution in [0, 0.1) is 13.8 Å². The Hall–Kier alpha value is -1.40. The standard InChI is InChI=1S/C15H28N4O2/c1-6-7-16-8-14-12(3)18-19(13(14)4)9-15(20)17-11(2)10-21-5/h11,16H,6-10H2,1-5H3,(H,17,20). The second-order valence-corrected chi connectivity index (χ2v) is 5.41. The first-order valence-electron chi connectivity index (χ1n) is 7.51. The Morgan fingerprint density at radius 3 is 2.76 bits per heavy atom. The maximum absolute atomic E-state index is 12.0. The van der Waals surface area contributed by atoms with Gasteiger partial charge in [0.1, 0.15) is 6.54 Å². The summed E-state index contributed by atoms with van der Waals surface area (Å²) in [7, 11) is 1.62. The number of rotatable bonds is 9. The molecule has 6 nitrogen and oxygen atoms in total. The van der Waals surface area contributed by atoms with Gasteiger partial charge in [0.25, 0.3) is 0 Å². The molecule has 1 rings (SSSR count). The van der Waals surface area contributed by atoms with Crippen molar-refractivity contribution in [3.05, 3.63) is 17.0 Å². The molecule has 0 spiro atoms. The highest BCUT2D eigenvalue weighted by molar-refractivity contribution is 5.76. The Morgan fingerprint density at radius 2 is 2.14 bits per heavy atom. The van der Waals surface area contributed by atoms with Crippen molar-refractivity contribution >= 4 is 5.91 Å². The van der Waals surface area contributed by atoms with E-state index in [9.17, 15) is 4.79 Å². The summed E-state index contributed by atoms with van der Waals surface area (Å²) < 4.78 is 6.78. The molecule has 0 saturated heterocycles. The highest BCUT2D eigenvalue weighted by atomic mass is 16.5. The van der Waals surface area contributed by atoms with Crippen LogP contribution in [0.15, 0.2) is 0 Å². The van der Waals surface area contributed by atoms with Crippen molar-refractivity contribution in [2.45, 2.75) is 53.2 Å². The number of methoxy groups -OCH3 is 1. The normalized spacial score (nSPS) is 12.4. The van der Waals surface area contributed by atoms with Crippen LogP contribution in [0.1, 0.15) is 37.2 Å². The number of hydrogen-bond acceptors (Lipinski definition) is 4. The van der Waals surface area contributed by atoms with Crippen molar-refractivity contribution in [1.29, 1.82) is 0 Å². The Morgan fingerprint density at radius 1 is 1.43 bits per heavy atom.